The Morgan fingerprint density at radius 3 is 2.53 bits per heavy atom. The molecule has 2 aliphatic rings. The standard InChI is InChI=1S/C25H30FN3O6S/c1-25(2,3)35-24(31)28-10-9-18(14-28)11-19-12-20(26)23(29-15-22(30)27-36(29,32)33)21(13-19)34-16-17-7-5-4-6-8-17/h4-8,12-13,18H,9-11,14-16H2,1-3H3,(H,27,30). The maximum absolute atomic E-state index is 15.4. The zero-order chi connectivity index (χ0) is 26.1. The maximum Gasteiger partial charge on any atom is 0.410 e. The van der Waals surface area contributed by atoms with Crippen LogP contribution < -0.4 is 13.8 Å². The second kappa shape index (κ2) is 9.96. The van der Waals surface area contributed by atoms with Crippen molar-refractivity contribution in [2.75, 3.05) is 23.9 Å². The van der Waals surface area contributed by atoms with Crippen LogP contribution in [0.5, 0.6) is 5.75 Å². The fourth-order valence-electron chi connectivity index (χ4n) is 4.30. The van der Waals surface area contributed by atoms with Gasteiger partial charge in [0.1, 0.15) is 30.2 Å². The lowest BCUT2D eigenvalue weighted by Gasteiger charge is -2.24. The summed E-state index contributed by atoms with van der Waals surface area (Å²) in [5.41, 5.74) is 0.517. The van der Waals surface area contributed by atoms with Crippen molar-refractivity contribution in [2.24, 2.45) is 5.92 Å². The average Bonchev–Trinajstić information content (AvgIpc) is 3.34. The van der Waals surface area contributed by atoms with Gasteiger partial charge in [0.2, 0.25) is 0 Å². The van der Waals surface area contributed by atoms with Crippen LogP contribution in [0.3, 0.4) is 0 Å². The molecule has 0 saturated carbocycles. The Morgan fingerprint density at radius 2 is 1.89 bits per heavy atom. The number of halogens is 1. The van der Waals surface area contributed by atoms with E-state index in [1.54, 1.807) is 11.0 Å². The highest BCUT2D eigenvalue weighted by atomic mass is 32.2. The minimum Gasteiger partial charge on any atom is -0.487 e. The first kappa shape index (κ1) is 25.7. The largest absolute Gasteiger partial charge is 0.487 e. The maximum atomic E-state index is 15.4. The van der Waals surface area contributed by atoms with Gasteiger partial charge in [0, 0.05) is 13.1 Å². The molecule has 36 heavy (non-hydrogen) atoms. The molecule has 2 aromatic rings. The number of benzene rings is 2. The number of nitrogens with one attached hydrogen (secondary N) is 1. The molecule has 0 aliphatic carbocycles. The Kier molecular flexibility index (Phi) is 7.12. The summed E-state index contributed by atoms with van der Waals surface area (Å²) in [6.07, 6.45) is 0.805. The van der Waals surface area contributed by atoms with Crippen LogP contribution in [0.2, 0.25) is 0 Å². The van der Waals surface area contributed by atoms with Gasteiger partial charge in [-0.15, -0.1) is 0 Å². The monoisotopic (exact) mass is 519 g/mol. The molecule has 11 heteroatoms. The number of anilines is 1. The molecule has 2 heterocycles. The van der Waals surface area contributed by atoms with E-state index >= 15 is 4.39 Å². The summed E-state index contributed by atoms with van der Waals surface area (Å²) in [5, 5.41) is 0. The summed E-state index contributed by atoms with van der Waals surface area (Å²) in [6, 6.07) is 12.1. The normalized spacial score (nSPS) is 19.3. The molecule has 4 rings (SSSR count). The average molecular weight is 520 g/mol. The summed E-state index contributed by atoms with van der Waals surface area (Å²) in [6.45, 7) is 5.99. The minimum absolute atomic E-state index is 0.0240. The topological polar surface area (TPSA) is 105 Å². The van der Waals surface area contributed by atoms with Crippen LogP contribution in [-0.2, 0) is 32.8 Å². The summed E-state index contributed by atoms with van der Waals surface area (Å²) in [4.78, 5) is 25.8. The Morgan fingerprint density at radius 1 is 1.17 bits per heavy atom. The van der Waals surface area contributed by atoms with E-state index in [4.69, 9.17) is 9.47 Å². The van der Waals surface area contributed by atoms with E-state index in [1.165, 1.54) is 6.07 Å². The van der Waals surface area contributed by atoms with Crippen molar-refractivity contribution < 1.29 is 31.9 Å². The lowest BCUT2D eigenvalue weighted by atomic mass is 9.98. The van der Waals surface area contributed by atoms with Crippen LogP contribution in [0.15, 0.2) is 42.5 Å². The zero-order valence-corrected chi connectivity index (χ0v) is 21.3. The van der Waals surface area contributed by atoms with E-state index in [2.05, 4.69) is 0 Å². The number of carbonyl (C=O) groups is 2. The van der Waals surface area contributed by atoms with Crippen LogP contribution >= 0.6 is 0 Å². The number of hydrogen-bond donors (Lipinski definition) is 1. The number of likely N-dealkylation sites (tertiary alicyclic amines) is 1. The third kappa shape index (κ3) is 6.07. The molecule has 1 atom stereocenters. The second-order valence-electron chi connectivity index (χ2n) is 10.0. The molecule has 1 N–H and O–H groups in total. The number of carbonyl (C=O) groups excluding carboxylic acids is 2. The van der Waals surface area contributed by atoms with Crippen molar-refractivity contribution in [2.45, 2.75) is 45.8 Å². The van der Waals surface area contributed by atoms with Gasteiger partial charge >= 0.3 is 16.3 Å². The number of nitrogens with zero attached hydrogens (tertiary/aromatic N) is 2. The molecule has 0 bridgehead atoms. The molecular formula is C25H30FN3O6S. The van der Waals surface area contributed by atoms with E-state index in [0.29, 0.717) is 29.4 Å². The lowest BCUT2D eigenvalue weighted by molar-refractivity contribution is -0.117. The smallest absolute Gasteiger partial charge is 0.410 e. The van der Waals surface area contributed by atoms with Crippen molar-refractivity contribution in [3.8, 4) is 5.75 Å². The summed E-state index contributed by atoms with van der Waals surface area (Å²) in [5.74, 6) is -1.46. The van der Waals surface area contributed by atoms with Gasteiger partial charge in [0.15, 0.2) is 5.82 Å². The second-order valence-corrected chi connectivity index (χ2v) is 11.6. The fourth-order valence-corrected chi connectivity index (χ4v) is 5.47. The van der Waals surface area contributed by atoms with Crippen molar-refractivity contribution in [3.63, 3.8) is 0 Å². The Labute approximate surface area is 210 Å². The Balaban J connectivity index is 1.57. The molecule has 2 amide bonds. The molecule has 0 radical (unpaired) electrons. The van der Waals surface area contributed by atoms with Gasteiger partial charge in [-0.25, -0.2) is 18.2 Å². The lowest BCUT2D eigenvalue weighted by Crippen LogP contribution is -2.35. The Bertz CT molecular complexity index is 1250. The molecule has 9 nitrogen and oxygen atoms in total. The highest BCUT2D eigenvalue weighted by Gasteiger charge is 2.38. The molecule has 2 saturated heterocycles. The van der Waals surface area contributed by atoms with Gasteiger partial charge in [-0.1, -0.05) is 30.3 Å². The van der Waals surface area contributed by atoms with Crippen molar-refractivity contribution in [1.29, 1.82) is 0 Å². The van der Waals surface area contributed by atoms with Gasteiger partial charge in [0.25, 0.3) is 5.91 Å². The van der Waals surface area contributed by atoms with Crippen molar-refractivity contribution in [3.05, 3.63) is 59.4 Å². The third-order valence-electron chi connectivity index (χ3n) is 5.86. The van der Waals surface area contributed by atoms with Crippen molar-refractivity contribution in [1.82, 2.24) is 9.62 Å². The van der Waals surface area contributed by atoms with Crippen LogP contribution in [0.1, 0.15) is 38.3 Å². The van der Waals surface area contributed by atoms with Crippen LogP contribution in [0, 0.1) is 11.7 Å². The number of amides is 2. The third-order valence-corrected chi connectivity index (χ3v) is 7.23. The van der Waals surface area contributed by atoms with Crippen LogP contribution in [0.4, 0.5) is 14.9 Å². The first-order valence-corrected chi connectivity index (χ1v) is 13.2. The molecule has 2 fully saturated rings. The van der Waals surface area contributed by atoms with E-state index in [-0.39, 0.29) is 30.1 Å². The number of ether oxygens (including phenoxy) is 2. The predicted molar refractivity (Wildman–Crippen MR) is 131 cm³/mol. The van der Waals surface area contributed by atoms with Gasteiger partial charge < -0.3 is 14.4 Å². The van der Waals surface area contributed by atoms with Crippen LogP contribution in [-0.4, -0.2) is 50.6 Å². The predicted octanol–water partition coefficient (Wildman–Crippen LogP) is 3.39. The number of hydrogen-bond acceptors (Lipinski definition) is 6. The molecule has 0 spiro atoms. The van der Waals surface area contributed by atoms with Gasteiger partial charge in [0.05, 0.1) is 0 Å². The minimum atomic E-state index is -4.23. The quantitative estimate of drug-likeness (QED) is 0.627. The van der Waals surface area contributed by atoms with E-state index < -0.39 is 34.1 Å². The molecule has 2 aromatic carbocycles. The zero-order valence-electron chi connectivity index (χ0n) is 20.5. The van der Waals surface area contributed by atoms with Gasteiger partial charge in [-0.05, 0) is 62.8 Å². The molecule has 194 valence electrons. The van der Waals surface area contributed by atoms with E-state index in [9.17, 15) is 18.0 Å². The summed E-state index contributed by atoms with van der Waals surface area (Å²) >= 11 is 0. The summed E-state index contributed by atoms with van der Waals surface area (Å²) < 4.78 is 54.2. The van der Waals surface area contributed by atoms with E-state index in [1.807, 2.05) is 55.8 Å². The first-order valence-electron chi connectivity index (χ1n) is 11.7. The van der Waals surface area contributed by atoms with Gasteiger partial charge in [-0.3, -0.25) is 4.79 Å². The highest BCUT2D eigenvalue weighted by molar-refractivity contribution is 7.92. The Hall–Kier alpha value is -3.34. The summed E-state index contributed by atoms with van der Waals surface area (Å²) in [7, 11) is -4.23. The number of rotatable bonds is 6. The molecular weight excluding hydrogens is 489 g/mol. The van der Waals surface area contributed by atoms with E-state index in [0.717, 1.165) is 12.0 Å². The van der Waals surface area contributed by atoms with Crippen LogP contribution in [0.25, 0.3) is 0 Å². The molecule has 1 unspecified atom stereocenters. The van der Waals surface area contributed by atoms with Gasteiger partial charge in [-0.2, -0.15) is 8.42 Å². The highest BCUT2D eigenvalue weighted by Crippen LogP contribution is 2.37. The SMILES string of the molecule is CC(C)(C)OC(=O)N1CCC(Cc2cc(F)c(N3CC(=O)NS3(=O)=O)c(OCc3ccccc3)c2)C1. The first-order chi connectivity index (χ1) is 16.9. The fraction of sp³-hybridized carbons (Fsp3) is 0.440. The molecule has 0 aromatic heterocycles. The molecule has 2 aliphatic heterocycles. The van der Waals surface area contributed by atoms with Crippen molar-refractivity contribution >= 4 is 27.9 Å².